The summed E-state index contributed by atoms with van der Waals surface area (Å²) in [4.78, 5) is 1.69. The fraction of sp³-hybridized carbons (Fsp3) is 0.500. The lowest BCUT2D eigenvalue weighted by Gasteiger charge is -2.31. The zero-order valence-corrected chi connectivity index (χ0v) is 11.8. The van der Waals surface area contributed by atoms with E-state index in [0.29, 0.717) is 6.54 Å². The molecule has 19 heavy (non-hydrogen) atoms. The van der Waals surface area contributed by atoms with E-state index in [1.165, 1.54) is 0 Å². The first-order valence-corrected chi connectivity index (χ1v) is 6.34. The van der Waals surface area contributed by atoms with Gasteiger partial charge < -0.3 is 10.6 Å². The second-order valence-corrected chi connectivity index (χ2v) is 5.34. The molecule has 0 aliphatic heterocycles. The molecule has 0 radical (unpaired) electrons. The quantitative estimate of drug-likeness (QED) is 0.637. The fourth-order valence-corrected chi connectivity index (χ4v) is 1.95. The smallest absolute Gasteiger partial charge is 0.150 e. The van der Waals surface area contributed by atoms with Crippen LogP contribution in [-0.4, -0.2) is 18.4 Å². The fourth-order valence-electron chi connectivity index (χ4n) is 1.95. The van der Waals surface area contributed by atoms with E-state index in [2.05, 4.69) is 0 Å². The molecule has 3 N–H and O–H groups in total. The SMILES string of the molecule is CC(C)CN(c1c(F)cc(C(=N)N)cc1F)C(C)C. The molecule has 0 unspecified atom stereocenters. The van der Waals surface area contributed by atoms with Crippen LogP contribution in [0.15, 0.2) is 12.1 Å². The molecule has 1 rings (SSSR count). The van der Waals surface area contributed by atoms with Gasteiger partial charge in [0.2, 0.25) is 0 Å². The van der Waals surface area contributed by atoms with Crippen LogP contribution in [0.3, 0.4) is 0 Å². The Bertz CT molecular complexity index is 447. The van der Waals surface area contributed by atoms with Crippen molar-refractivity contribution in [3.63, 3.8) is 0 Å². The van der Waals surface area contributed by atoms with E-state index >= 15 is 0 Å². The predicted octanol–water partition coefficient (Wildman–Crippen LogP) is 3.12. The molecular weight excluding hydrogens is 248 g/mol. The Balaban J connectivity index is 3.27. The molecule has 0 aliphatic rings. The zero-order valence-electron chi connectivity index (χ0n) is 11.8. The number of halogens is 2. The normalized spacial score (nSPS) is 11.2. The number of hydrogen-bond acceptors (Lipinski definition) is 2. The van der Waals surface area contributed by atoms with Gasteiger partial charge in [0, 0.05) is 18.2 Å². The summed E-state index contributed by atoms with van der Waals surface area (Å²) in [7, 11) is 0. The van der Waals surface area contributed by atoms with E-state index < -0.39 is 11.6 Å². The number of hydrogen-bond donors (Lipinski definition) is 2. The maximum Gasteiger partial charge on any atom is 0.150 e. The van der Waals surface area contributed by atoms with Gasteiger partial charge in [-0.25, -0.2) is 8.78 Å². The summed E-state index contributed by atoms with van der Waals surface area (Å²) in [5, 5.41) is 7.23. The molecular formula is C14H21F2N3. The minimum atomic E-state index is -0.681. The highest BCUT2D eigenvalue weighted by Crippen LogP contribution is 2.27. The average Bonchev–Trinajstić information content (AvgIpc) is 2.25. The van der Waals surface area contributed by atoms with Gasteiger partial charge in [0.1, 0.15) is 23.2 Å². The maximum atomic E-state index is 14.1. The van der Waals surface area contributed by atoms with Crippen LogP contribution in [0, 0.1) is 23.0 Å². The lowest BCUT2D eigenvalue weighted by atomic mass is 10.1. The average molecular weight is 269 g/mol. The first-order chi connectivity index (χ1) is 8.73. The molecule has 1 aromatic rings. The summed E-state index contributed by atoms with van der Waals surface area (Å²) in [5.41, 5.74) is 5.27. The number of amidine groups is 1. The van der Waals surface area contributed by atoms with Gasteiger partial charge in [-0.3, -0.25) is 5.41 Å². The predicted molar refractivity (Wildman–Crippen MR) is 74.7 cm³/mol. The summed E-state index contributed by atoms with van der Waals surface area (Å²) in [5.74, 6) is -1.42. The number of nitrogens with one attached hydrogen (secondary N) is 1. The van der Waals surface area contributed by atoms with Gasteiger partial charge in [-0.2, -0.15) is 0 Å². The molecule has 0 heterocycles. The molecule has 0 fully saturated rings. The van der Waals surface area contributed by atoms with Crippen molar-refractivity contribution in [3.05, 3.63) is 29.3 Å². The number of anilines is 1. The van der Waals surface area contributed by atoms with Gasteiger partial charge in [0.15, 0.2) is 0 Å². The summed E-state index contributed by atoms with van der Waals surface area (Å²) in [6.45, 7) is 8.33. The van der Waals surface area contributed by atoms with Crippen molar-refractivity contribution >= 4 is 11.5 Å². The molecule has 0 atom stereocenters. The van der Waals surface area contributed by atoms with E-state index in [9.17, 15) is 8.78 Å². The standard InChI is InChI=1S/C14H21F2N3/c1-8(2)7-19(9(3)4)13-11(15)5-10(14(17)18)6-12(13)16/h5-6,8-9H,7H2,1-4H3,(H3,17,18). The van der Waals surface area contributed by atoms with Crippen LogP contribution in [0.5, 0.6) is 0 Å². The van der Waals surface area contributed by atoms with Crippen molar-refractivity contribution in [2.24, 2.45) is 11.7 Å². The van der Waals surface area contributed by atoms with Gasteiger partial charge >= 0.3 is 0 Å². The molecule has 0 amide bonds. The van der Waals surface area contributed by atoms with E-state index in [0.717, 1.165) is 12.1 Å². The molecule has 0 aliphatic carbocycles. The van der Waals surface area contributed by atoms with E-state index in [4.69, 9.17) is 11.1 Å². The van der Waals surface area contributed by atoms with Crippen molar-refractivity contribution in [1.82, 2.24) is 0 Å². The van der Waals surface area contributed by atoms with Crippen LogP contribution in [-0.2, 0) is 0 Å². The van der Waals surface area contributed by atoms with Crippen molar-refractivity contribution in [2.75, 3.05) is 11.4 Å². The van der Waals surface area contributed by atoms with Crippen LogP contribution < -0.4 is 10.6 Å². The molecule has 1 aromatic carbocycles. The Morgan fingerprint density at radius 3 is 2.00 bits per heavy atom. The Labute approximate surface area is 112 Å². The summed E-state index contributed by atoms with van der Waals surface area (Å²) < 4.78 is 28.2. The molecule has 5 heteroatoms. The molecule has 0 saturated carbocycles. The minimum absolute atomic E-state index is 0.0189. The molecule has 0 aromatic heterocycles. The van der Waals surface area contributed by atoms with Gasteiger partial charge in [-0.15, -0.1) is 0 Å². The third-order valence-electron chi connectivity index (χ3n) is 2.80. The minimum Gasteiger partial charge on any atom is -0.384 e. The Hall–Kier alpha value is -1.65. The highest BCUT2D eigenvalue weighted by molar-refractivity contribution is 5.95. The van der Waals surface area contributed by atoms with Crippen molar-refractivity contribution in [1.29, 1.82) is 5.41 Å². The number of nitrogen functional groups attached to an aromatic ring is 1. The topological polar surface area (TPSA) is 53.1 Å². The Morgan fingerprint density at radius 1 is 1.21 bits per heavy atom. The van der Waals surface area contributed by atoms with Crippen LogP contribution in [0.4, 0.5) is 14.5 Å². The second-order valence-electron chi connectivity index (χ2n) is 5.34. The summed E-state index contributed by atoms with van der Waals surface area (Å²) in [6.07, 6.45) is 0. The molecule has 0 spiro atoms. The van der Waals surface area contributed by atoms with E-state index in [1.54, 1.807) is 4.90 Å². The van der Waals surface area contributed by atoms with Crippen molar-refractivity contribution < 1.29 is 8.78 Å². The third-order valence-corrected chi connectivity index (χ3v) is 2.80. The molecule has 3 nitrogen and oxygen atoms in total. The van der Waals surface area contributed by atoms with Crippen molar-refractivity contribution in [2.45, 2.75) is 33.7 Å². The van der Waals surface area contributed by atoms with Gasteiger partial charge in [0.05, 0.1) is 0 Å². The maximum absolute atomic E-state index is 14.1. The largest absolute Gasteiger partial charge is 0.384 e. The Morgan fingerprint density at radius 2 is 1.68 bits per heavy atom. The third kappa shape index (κ3) is 3.66. The molecule has 0 saturated heterocycles. The number of benzene rings is 1. The van der Waals surface area contributed by atoms with E-state index in [1.807, 2.05) is 27.7 Å². The highest BCUT2D eigenvalue weighted by Gasteiger charge is 2.21. The van der Waals surface area contributed by atoms with Crippen LogP contribution in [0.1, 0.15) is 33.3 Å². The van der Waals surface area contributed by atoms with Gasteiger partial charge in [-0.1, -0.05) is 13.8 Å². The lowest BCUT2D eigenvalue weighted by Crippen LogP contribution is -2.35. The number of rotatable bonds is 5. The number of nitrogens with two attached hydrogens (primary N) is 1. The molecule has 0 bridgehead atoms. The molecule has 106 valence electrons. The monoisotopic (exact) mass is 269 g/mol. The first-order valence-electron chi connectivity index (χ1n) is 6.34. The zero-order chi connectivity index (χ0) is 14.7. The summed E-state index contributed by atoms with van der Waals surface area (Å²) in [6, 6.07) is 2.20. The number of nitrogens with zero attached hydrogens (tertiary/aromatic N) is 1. The van der Waals surface area contributed by atoms with Crippen LogP contribution >= 0.6 is 0 Å². The lowest BCUT2D eigenvalue weighted by molar-refractivity contribution is 0.523. The van der Waals surface area contributed by atoms with Gasteiger partial charge in [-0.05, 0) is 31.9 Å². The van der Waals surface area contributed by atoms with Crippen LogP contribution in [0.25, 0.3) is 0 Å². The Kier molecular flexibility index (Phi) is 4.86. The van der Waals surface area contributed by atoms with Crippen LogP contribution in [0.2, 0.25) is 0 Å². The van der Waals surface area contributed by atoms with E-state index in [-0.39, 0.29) is 29.0 Å². The summed E-state index contributed by atoms with van der Waals surface area (Å²) >= 11 is 0. The highest BCUT2D eigenvalue weighted by atomic mass is 19.1. The second kappa shape index (κ2) is 5.99. The first kappa shape index (κ1) is 15.4. The van der Waals surface area contributed by atoms with Gasteiger partial charge in [0.25, 0.3) is 0 Å². The van der Waals surface area contributed by atoms with Crippen molar-refractivity contribution in [3.8, 4) is 0 Å².